The van der Waals surface area contributed by atoms with Crippen LogP contribution < -0.4 is 5.32 Å². The molecule has 1 aromatic carbocycles. The molecule has 0 unspecified atom stereocenters. The third kappa shape index (κ3) is 3.95. The molecular weight excluding hydrogens is 276 g/mol. The van der Waals surface area contributed by atoms with E-state index in [9.17, 15) is 0 Å². The van der Waals surface area contributed by atoms with Crippen LogP contribution in [0.5, 0.6) is 0 Å². The summed E-state index contributed by atoms with van der Waals surface area (Å²) in [5.74, 6) is 0.543. The summed E-state index contributed by atoms with van der Waals surface area (Å²) < 4.78 is 0. The predicted octanol–water partition coefficient (Wildman–Crippen LogP) is 4.79. The quantitative estimate of drug-likeness (QED) is 0.820. The van der Waals surface area contributed by atoms with Crippen LogP contribution in [0, 0.1) is 0 Å². The average molecular weight is 295 g/mol. The van der Waals surface area contributed by atoms with Crippen LogP contribution in [0.3, 0.4) is 0 Å². The molecule has 0 saturated carbocycles. The topological polar surface area (TPSA) is 24.9 Å². The molecule has 0 fully saturated rings. The smallest absolute Gasteiger partial charge is 0.112 e. The lowest BCUT2D eigenvalue weighted by atomic mass is 9.93. The second kappa shape index (κ2) is 5.93. The maximum Gasteiger partial charge on any atom is 0.112 e. The normalized spacial score (nSPS) is 11.6. The van der Waals surface area contributed by atoms with Gasteiger partial charge in [-0.25, -0.2) is 4.98 Å². The fourth-order valence-corrected chi connectivity index (χ4v) is 2.81. The van der Waals surface area contributed by atoms with E-state index < -0.39 is 0 Å². The number of hydrogen-bond acceptors (Lipinski definition) is 3. The molecule has 2 rings (SSSR count). The van der Waals surface area contributed by atoms with E-state index in [2.05, 4.69) is 42.5 Å². The van der Waals surface area contributed by atoms with Gasteiger partial charge in [0.15, 0.2) is 0 Å². The number of alkyl halides is 1. The van der Waals surface area contributed by atoms with Crippen molar-refractivity contribution in [3.63, 3.8) is 0 Å². The third-order valence-electron chi connectivity index (χ3n) is 2.85. The van der Waals surface area contributed by atoms with Gasteiger partial charge in [-0.15, -0.1) is 22.9 Å². The number of hydrogen-bond donors (Lipinski definition) is 1. The summed E-state index contributed by atoms with van der Waals surface area (Å²) >= 11 is 7.54. The molecule has 0 aliphatic rings. The molecular formula is C15H19ClN2S. The average Bonchev–Trinajstić information content (AvgIpc) is 2.85. The van der Waals surface area contributed by atoms with Crippen LogP contribution in [-0.2, 0) is 17.8 Å². The van der Waals surface area contributed by atoms with Gasteiger partial charge in [-0.2, -0.15) is 0 Å². The molecule has 0 atom stereocenters. The van der Waals surface area contributed by atoms with Crippen LogP contribution in [-0.4, -0.2) is 4.98 Å². The second-order valence-corrected chi connectivity index (χ2v) is 6.77. The Hall–Kier alpha value is -1.06. The van der Waals surface area contributed by atoms with Gasteiger partial charge in [0, 0.05) is 22.4 Å². The van der Waals surface area contributed by atoms with Gasteiger partial charge in [-0.1, -0.05) is 32.9 Å². The summed E-state index contributed by atoms with van der Waals surface area (Å²) in [5, 5.41) is 6.65. The Kier molecular flexibility index (Phi) is 4.48. The first-order valence-corrected chi connectivity index (χ1v) is 7.74. The summed E-state index contributed by atoms with van der Waals surface area (Å²) in [6, 6.07) is 8.17. The molecule has 1 heterocycles. The second-order valence-electron chi connectivity index (χ2n) is 5.56. The van der Waals surface area contributed by atoms with Crippen LogP contribution in [0.4, 0.5) is 5.69 Å². The van der Waals surface area contributed by atoms with Gasteiger partial charge in [0.05, 0.1) is 12.2 Å². The minimum atomic E-state index is 0.118. The first kappa shape index (κ1) is 14.4. The molecule has 1 aromatic heterocycles. The Balaban J connectivity index is 2.00. The fourth-order valence-electron chi connectivity index (χ4n) is 1.68. The predicted molar refractivity (Wildman–Crippen MR) is 84.1 cm³/mol. The van der Waals surface area contributed by atoms with Crippen molar-refractivity contribution in [3.05, 3.63) is 45.9 Å². The molecule has 0 bridgehead atoms. The number of benzene rings is 1. The maximum atomic E-state index is 5.83. The van der Waals surface area contributed by atoms with Crippen LogP contribution in [0.25, 0.3) is 0 Å². The number of aromatic nitrogens is 1. The van der Waals surface area contributed by atoms with Crippen LogP contribution in [0.2, 0.25) is 0 Å². The molecule has 0 aliphatic carbocycles. The summed E-state index contributed by atoms with van der Waals surface area (Å²) in [5.41, 5.74) is 3.49. The summed E-state index contributed by atoms with van der Waals surface area (Å²) in [6.07, 6.45) is 0. The maximum absolute atomic E-state index is 5.83. The van der Waals surface area contributed by atoms with Gasteiger partial charge >= 0.3 is 0 Å². The zero-order chi connectivity index (χ0) is 13.9. The number of nitrogens with zero attached hydrogens (tertiary/aromatic N) is 1. The zero-order valence-electron chi connectivity index (χ0n) is 11.5. The number of rotatable bonds is 4. The number of thiazole rings is 1. The van der Waals surface area contributed by atoms with E-state index in [1.165, 1.54) is 0 Å². The molecule has 2 aromatic rings. The van der Waals surface area contributed by atoms with Gasteiger partial charge in [0.25, 0.3) is 0 Å². The Labute approximate surface area is 123 Å². The highest BCUT2D eigenvalue weighted by Gasteiger charge is 2.17. The Bertz CT molecular complexity index is 543. The Morgan fingerprint density at radius 3 is 2.74 bits per heavy atom. The van der Waals surface area contributed by atoms with E-state index in [4.69, 9.17) is 11.6 Å². The zero-order valence-corrected chi connectivity index (χ0v) is 13.1. The molecule has 1 N–H and O–H groups in total. The van der Waals surface area contributed by atoms with Crippen molar-refractivity contribution < 1.29 is 0 Å². The van der Waals surface area contributed by atoms with Crippen molar-refractivity contribution in [3.8, 4) is 0 Å². The fraction of sp³-hybridized carbons (Fsp3) is 0.400. The minimum absolute atomic E-state index is 0.118. The van der Waals surface area contributed by atoms with Gasteiger partial charge in [-0.05, 0) is 17.7 Å². The standard InChI is InChI=1S/C15H19ClN2S/c1-15(2,3)13-10-19-14(18-13)9-17-12-6-4-5-11(7-12)8-16/h4-7,10,17H,8-9H2,1-3H3. The molecule has 0 amide bonds. The monoisotopic (exact) mass is 294 g/mol. The van der Waals surface area contributed by atoms with Crippen molar-refractivity contribution in [2.24, 2.45) is 0 Å². The van der Waals surface area contributed by atoms with E-state index in [1.54, 1.807) is 11.3 Å². The molecule has 0 aliphatic heterocycles. The Morgan fingerprint density at radius 2 is 2.11 bits per heavy atom. The lowest BCUT2D eigenvalue weighted by Gasteiger charge is -2.14. The molecule has 4 heteroatoms. The summed E-state index contributed by atoms with van der Waals surface area (Å²) in [7, 11) is 0. The third-order valence-corrected chi connectivity index (χ3v) is 4.00. The molecule has 19 heavy (non-hydrogen) atoms. The number of halogens is 1. The molecule has 0 saturated heterocycles. The van der Waals surface area contributed by atoms with E-state index in [0.717, 1.165) is 28.5 Å². The van der Waals surface area contributed by atoms with Crippen LogP contribution in [0.15, 0.2) is 29.6 Å². The summed E-state index contributed by atoms with van der Waals surface area (Å²) in [6.45, 7) is 7.31. The molecule has 2 nitrogen and oxygen atoms in total. The summed E-state index contributed by atoms with van der Waals surface area (Å²) in [4.78, 5) is 4.67. The highest BCUT2D eigenvalue weighted by atomic mass is 35.5. The van der Waals surface area contributed by atoms with E-state index in [0.29, 0.717) is 5.88 Å². The first-order chi connectivity index (χ1) is 8.99. The number of nitrogens with one attached hydrogen (secondary N) is 1. The highest BCUT2D eigenvalue weighted by Crippen LogP contribution is 2.24. The van der Waals surface area contributed by atoms with Crippen molar-refractivity contribution in [1.82, 2.24) is 4.98 Å². The van der Waals surface area contributed by atoms with Gasteiger partial charge in [-0.3, -0.25) is 0 Å². The van der Waals surface area contributed by atoms with Gasteiger partial charge in [0.1, 0.15) is 5.01 Å². The van der Waals surface area contributed by atoms with Crippen molar-refractivity contribution in [2.75, 3.05) is 5.32 Å². The van der Waals surface area contributed by atoms with Crippen LogP contribution in [0.1, 0.15) is 37.0 Å². The van der Waals surface area contributed by atoms with Gasteiger partial charge < -0.3 is 5.32 Å². The lowest BCUT2D eigenvalue weighted by molar-refractivity contribution is 0.571. The van der Waals surface area contributed by atoms with Crippen molar-refractivity contribution >= 4 is 28.6 Å². The first-order valence-electron chi connectivity index (χ1n) is 6.33. The SMILES string of the molecule is CC(C)(C)c1csc(CNc2cccc(CCl)c2)n1. The highest BCUT2D eigenvalue weighted by molar-refractivity contribution is 7.09. The van der Waals surface area contributed by atoms with E-state index in [1.807, 2.05) is 18.2 Å². The van der Waals surface area contributed by atoms with E-state index >= 15 is 0 Å². The lowest BCUT2D eigenvalue weighted by Crippen LogP contribution is -2.11. The largest absolute Gasteiger partial charge is 0.379 e. The number of anilines is 1. The van der Waals surface area contributed by atoms with Gasteiger partial charge in [0.2, 0.25) is 0 Å². The van der Waals surface area contributed by atoms with Crippen molar-refractivity contribution in [1.29, 1.82) is 0 Å². The molecule has 0 spiro atoms. The van der Waals surface area contributed by atoms with Crippen molar-refractivity contribution in [2.45, 2.75) is 38.6 Å². The molecule has 102 valence electrons. The molecule has 0 radical (unpaired) electrons. The minimum Gasteiger partial charge on any atom is -0.379 e. The van der Waals surface area contributed by atoms with E-state index in [-0.39, 0.29) is 5.41 Å². The Morgan fingerprint density at radius 1 is 1.32 bits per heavy atom. The van der Waals surface area contributed by atoms with Crippen LogP contribution >= 0.6 is 22.9 Å².